The molecule has 0 rings (SSSR count). The van der Waals surface area contributed by atoms with Crippen LogP contribution in [-0.4, -0.2) is 24.2 Å². The molecule has 0 aromatic carbocycles. The average Bonchev–Trinajstić information content (AvgIpc) is 2.02. The van der Waals surface area contributed by atoms with Crippen molar-refractivity contribution in [3.05, 3.63) is 0 Å². The second-order valence-electron chi connectivity index (χ2n) is 1.81. The third-order valence-electron chi connectivity index (χ3n) is 0.963. The molecule has 0 aromatic rings. The van der Waals surface area contributed by atoms with Gasteiger partial charge in [-0.15, -0.1) is 0 Å². The number of aliphatic carboxylic acids is 1. The Morgan fingerprint density at radius 2 is 1.91 bits per heavy atom. The van der Waals surface area contributed by atoms with Gasteiger partial charge >= 0.3 is 5.97 Å². The zero-order chi connectivity index (χ0) is 9.11. The lowest BCUT2D eigenvalue weighted by atomic mass is 10.2. The highest BCUT2D eigenvalue weighted by atomic mass is 16.4. The van der Waals surface area contributed by atoms with Crippen LogP contribution in [0.25, 0.3) is 0 Å². The van der Waals surface area contributed by atoms with Gasteiger partial charge in [0.25, 0.3) is 0 Å². The minimum absolute atomic E-state index is 0.174. The average molecular weight is 160 g/mol. The number of rotatable bonds is 5. The van der Waals surface area contributed by atoms with Gasteiger partial charge in [0.2, 0.25) is 0 Å². The van der Waals surface area contributed by atoms with Gasteiger partial charge in [-0.05, 0) is 12.8 Å². The van der Waals surface area contributed by atoms with Crippen LogP contribution in [0.15, 0.2) is 0 Å². The fourth-order valence-electron chi connectivity index (χ4n) is 0.504. The minimum atomic E-state index is -0.791. The zero-order valence-electron chi connectivity index (χ0n) is 6.28. The molecule has 0 aliphatic rings. The van der Waals surface area contributed by atoms with E-state index in [1.54, 1.807) is 0 Å². The van der Waals surface area contributed by atoms with Crippen LogP contribution < -0.4 is 0 Å². The third kappa shape index (κ3) is 17.7. The first kappa shape index (κ1) is 12.5. The Kier molecular flexibility index (Phi) is 13.1. The molecular formula is C7H12O4. The maximum Gasteiger partial charge on any atom is 0.303 e. The van der Waals surface area contributed by atoms with Crippen molar-refractivity contribution in [2.24, 2.45) is 0 Å². The summed E-state index contributed by atoms with van der Waals surface area (Å²) < 4.78 is 0. The summed E-state index contributed by atoms with van der Waals surface area (Å²) >= 11 is 0. The molecule has 0 spiro atoms. The Morgan fingerprint density at radius 3 is 2.27 bits per heavy atom. The van der Waals surface area contributed by atoms with E-state index in [2.05, 4.69) is 0 Å². The van der Waals surface area contributed by atoms with E-state index < -0.39 is 5.97 Å². The predicted molar refractivity (Wildman–Crippen MR) is 39.3 cm³/mol. The lowest BCUT2D eigenvalue weighted by molar-refractivity contribution is -0.137. The molecule has 0 unspecified atom stereocenters. The Labute approximate surface area is 65.2 Å². The van der Waals surface area contributed by atoms with Crippen LogP contribution in [-0.2, 0) is 14.4 Å². The standard InChI is InChI=1S/C6H10O3.CH2O/c7-5-3-1-2-4-6(8)9;1-2/h5H,1-4H2,(H,8,9);1H2. The molecule has 0 heterocycles. The van der Waals surface area contributed by atoms with E-state index in [4.69, 9.17) is 9.90 Å². The van der Waals surface area contributed by atoms with Gasteiger partial charge in [0, 0.05) is 12.8 Å². The van der Waals surface area contributed by atoms with E-state index >= 15 is 0 Å². The Hall–Kier alpha value is -1.19. The molecule has 0 aromatic heterocycles. The maximum absolute atomic E-state index is 9.87. The highest BCUT2D eigenvalue weighted by molar-refractivity contribution is 5.66. The molecule has 0 atom stereocenters. The summed E-state index contributed by atoms with van der Waals surface area (Å²) in [5.41, 5.74) is 0. The number of hydrogen-bond donors (Lipinski definition) is 1. The molecule has 0 amide bonds. The van der Waals surface area contributed by atoms with Crippen molar-refractivity contribution in [2.45, 2.75) is 25.7 Å². The molecule has 4 heteroatoms. The molecule has 0 bridgehead atoms. The van der Waals surface area contributed by atoms with E-state index in [0.29, 0.717) is 19.3 Å². The maximum atomic E-state index is 9.87. The predicted octanol–water partition coefficient (Wildman–Crippen LogP) is 0.645. The molecule has 4 nitrogen and oxygen atoms in total. The van der Waals surface area contributed by atoms with E-state index in [1.807, 2.05) is 6.79 Å². The molecule has 11 heavy (non-hydrogen) atoms. The quantitative estimate of drug-likeness (QED) is 0.473. The number of carboxylic acids is 1. The fraction of sp³-hybridized carbons (Fsp3) is 0.571. The minimum Gasteiger partial charge on any atom is -0.481 e. The summed E-state index contributed by atoms with van der Waals surface area (Å²) in [4.78, 5) is 27.6. The van der Waals surface area contributed by atoms with Gasteiger partial charge in [0.1, 0.15) is 13.1 Å². The van der Waals surface area contributed by atoms with Crippen molar-refractivity contribution < 1.29 is 19.5 Å². The van der Waals surface area contributed by atoms with Gasteiger partial charge in [0.05, 0.1) is 0 Å². The SMILES string of the molecule is C=O.O=CCCCCC(=O)O. The molecule has 0 fully saturated rings. The Bertz CT molecular complexity index is 111. The van der Waals surface area contributed by atoms with Gasteiger partial charge in [-0.25, -0.2) is 0 Å². The smallest absolute Gasteiger partial charge is 0.303 e. The number of hydrogen-bond acceptors (Lipinski definition) is 3. The first-order valence-corrected chi connectivity index (χ1v) is 3.21. The van der Waals surface area contributed by atoms with E-state index in [-0.39, 0.29) is 6.42 Å². The highest BCUT2D eigenvalue weighted by Gasteiger charge is 1.94. The van der Waals surface area contributed by atoms with Crippen LogP contribution in [0.3, 0.4) is 0 Å². The van der Waals surface area contributed by atoms with Crippen molar-refractivity contribution in [2.75, 3.05) is 0 Å². The lowest BCUT2D eigenvalue weighted by Crippen LogP contribution is -1.93. The van der Waals surface area contributed by atoms with Crippen molar-refractivity contribution in [3.8, 4) is 0 Å². The van der Waals surface area contributed by atoms with Crippen LogP contribution in [0.5, 0.6) is 0 Å². The summed E-state index contributed by atoms with van der Waals surface area (Å²) in [6.45, 7) is 2.00. The van der Waals surface area contributed by atoms with Crippen LogP contribution in [0.1, 0.15) is 25.7 Å². The third-order valence-corrected chi connectivity index (χ3v) is 0.963. The van der Waals surface area contributed by atoms with Gasteiger partial charge in [-0.2, -0.15) is 0 Å². The first-order valence-electron chi connectivity index (χ1n) is 3.21. The van der Waals surface area contributed by atoms with Gasteiger partial charge in [-0.1, -0.05) is 0 Å². The van der Waals surface area contributed by atoms with Gasteiger partial charge in [0.15, 0.2) is 0 Å². The normalized spacial score (nSPS) is 7.64. The van der Waals surface area contributed by atoms with Crippen molar-refractivity contribution >= 4 is 19.0 Å². The summed E-state index contributed by atoms with van der Waals surface area (Å²) in [5.74, 6) is -0.791. The van der Waals surface area contributed by atoms with Crippen molar-refractivity contribution in [3.63, 3.8) is 0 Å². The highest BCUT2D eigenvalue weighted by Crippen LogP contribution is 1.96. The topological polar surface area (TPSA) is 71.4 Å². The van der Waals surface area contributed by atoms with Crippen LogP contribution in [0, 0.1) is 0 Å². The molecule has 0 saturated heterocycles. The number of carboxylic acid groups (broad SMARTS) is 1. The number of unbranched alkanes of at least 4 members (excludes halogenated alkanes) is 2. The number of carbonyl (C=O) groups excluding carboxylic acids is 2. The van der Waals surface area contributed by atoms with Gasteiger partial charge < -0.3 is 14.7 Å². The fourth-order valence-corrected chi connectivity index (χ4v) is 0.504. The summed E-state index contributed by atoms with van der Waals surface area (Å²) in [5, 5.41) is 8.12. The van der Waals surface area contributed by atoms with E-state index in [0.717, 1.165) is 6.29 Å². The molecular weight excluding hydrogens is 148 g/mol. The van der Waals surface area contributed by atoms with Crippen molar-refractivity contribution in [1.29, 1.82) is 0 Å². The molecule has 0 radical (unpaired) electrons. The zero-order valence-corrected chi connectivity index (χ0v) is 6.28. The Balaban J connectivity index is 0. The molecule has 0 saturated carbocycles. The first-order chi connectivity index (χ1) is 5.27. The number of aldehydes is 1. The van der Waals surface area contributed by atoms with Crippen LogP contribution in [0.4, 0.5) is 0 Å². The largest absolute Gasteiger partial charge is 0.481 e. The lowest BCUT2D eigenvalue weighted by Gasteiger charge is -1.89. The molecule has 0 aliphatic heterocycles. The Morgan fingerprint density at radius 1 is 1.36 bits per heavy atom. The monoisotopic (exact) mass is 160 g/mol. The molecule has 0 aliphatic carbocycles. The second-order valence-corrected chi connectivity index (χ2v) is 1.81. The van der Waals surface area contributed by atoms with E-state index in [1.165, 1.54) is 0 Å². The van der Waals surface area contributed by atoms with E-state index in [9.17, 15) is 9.59 Å². The molecule has 1 N–H and O–H groups in total. The van der Waals surface area contributed by atoms with Crippen LogP contribution in [0.2, 0.25) is 0 Å². The summed E-state index contributed by atoms with van der Waals surface area (Å²) in [6, 6.07) is 0. The van der Waals surface area contributed by atoms with Gasteiger partial charge in [-0.3, -0.25) is 4.79 Å². The molecule has 64 valence electrons. The van der Waals surface area contributed by atoms with Crippen LogP contribution >= 0.6 is 0 Å². The summed E-state index contributed by atoms with van der Waals surface area (Å²) in [7, 11) is 0. The summed E-state index contributed by atoms with van der Waals surface area (Å²) in [6.07, 6.45) is 2.76. The van der Waals surface area contributed by atoms with Crippen molar-refractivity contribution in [1.82, 2.24) is 0 Å². The second kappa shape index (κ2) is 11.6. The number of carbonyl (C=O) groups is 3.